The van der Waals surface area contributed by atoms with Crippen molar-refractivity contribution in [1.82, 2.24) is 19.9 Å². The third kappa shape index (κ3) is 6.02. The second kappa shape index (κ2) is 10.4. The zero-order valence-electron chi connectivity index (χ0n) is 16.7. The van der Waals surface area contributed by atoms with Crippen LogP contribution in [0.1, 0.15) is 19.8 Å². The molecule has 0 saturated heterocycles. The van der Waals surface area contributed by atoms with Crippen LogP contribution in [0.2, 0.25) is 0 Å². The quantitative estimate of drug-likeness (QED) is 0.486. The summed E-state index contributed by atoms with van der Waals surface area (Å²) < 4.78 is 12.6. The minimum Gasteiger partial charge on any atom is -0.493 e. The van der Waals surface area contributed by atoms with Crippen LogP contribution >= 0.6 is 0 Å². The zero-order valence-corrected chi connectivity index (χ0v) is 16.7. The Bertz CT molecular complexity index is 1120. The van der Waals surface area contributed by atoms with Gasteiger partial charge in [-0.15, -0.1) is 0 Å². The van der Waals surface area contributed by atoms with Crippen LogP contribution in [-0.4, -0.2) is 46.8 Å². The number of rotatable bonds is 10. The summed E-state index contributed by atoms with van der Waals surface area (Å²) in [6, 6.07) is 8.65. The van der Waals surface area contributed by atoms with Crippen LogP contribution in [0.15, 0.2) is 52.3 Å². The van der Waals surface area contributed by atoms with Crippen molar-refractivity contribution >= 4 is 16.8 Å². The summed E-state index contributed by atoms with van der Waals surface area (Å²) in [5.74, 6) is 0.660. The zero-order chi connectivity index (χ0) is 21.3. The van der Waals surface area contributed by atoms with E-state index in [4.69, 9.17) is 9.47 Å². The lowest BCUT2D eigenvalue weighted by molar-refractivity contribution is -0.119. The van der Waals surface area contributed by atoms with Gasteiger partial charge in [0.15, 0.2) is 0 Å². The predicted octanol–water partition coefficient (Wildman–Crippen LogP) is 1.39. The molecule has 2 heterocycles. The Hall–Kier alpha value is -3.46. The number of fused-ring (bicyclic) bond motifs is 1. The van der Waals surface area contributed by atoms with Gasteiger partial charge >= 0.3 is 5.69 Å². The highest BCUT2D eigenvalue weighted by Gasteiger charge is 2.05. The smallest absolute Gasteiger partial charge is 0.332 e. The third-order valence-electron chi connectivity index (χ3n) is 4.28. The molecule has 9 heteroatoms. The van der Waals surface area contributed by atoms with E-state index in [0.29, 0.717) is 37.8 Å². The number of nitrogens with zero attached hydrogens (tertiary/aromatic N) is 2. The maximum absolute atomic E-state index is 12.0. The van der Waals surface area contributed by atoms with Crippen LogP contribution in [0.25, 0.3) is 16.6 Å². The van der Waals surface area contributed by atoms with E-state index in [1.807, 2.05) is 24.3 Å². The highest BCUT2D eigenvalue weighted by Crippen LogP contribution is 2.21. The Morgan fingerprint density at radius 2 is 1.97 bits per heavy atom. The van der Waals surface area contributed by atoms with E-state index in [9.17, 15) is 14.4 Å². The average molecular weight is 412 g/mol. The summed E-state index contributed by atoms with van der Waals surface area (Å²) in [5.41, 5.74) is 0.352. The molecule has 0 aliphatic rings. The third-order valence-corrected chi connectivity index (χ3v) is 4.28. The van der Waals surface area contributed by atoms with Crippen LogP contribution in [0.4, 0.5) is 0 Å². The maximum Gasteiger partial charge on any atom is 0.332 e. The molecular weight excluding hydrogens is 388 g/mol. The predicted molar refractivity (Wildman–Crippen MR) is 112 cm³/mol. The summed E-state index contributed by atoms with van der Waals surface area (Å²) >= 11 is 0. The fourth-order valence-electron chi connectivity index (χ4n) is 2.83. The molecule has 2 aromatic heterocycles. The van der Waals surface area contributed by atoms with Gasteiger partial charge in [-0.25, -0.2) is 4.79 Å². The molecule has 3 rings (SSSR count). The number of nitrogens with one attached hydrogen (secondary N) is 2. The standard InChI is InChI=1S/C21H24N4O5/c1-15(26)22-7-2-9-29-10-3-11-30-18-4-5-19-16(13-18)12-17(14-23-19)25-8-6-20(27)24-21(25)28/h4-6,8,12-14H,2-3,7,9-11H2,1H3,(H,22,26)(H,24,27,28). The monoisotopic (exact) mass is 412 g/mol. The van der Waals surface area contributed by atoms with E-state index in [1.165, 1.54) is 23.8 Å². The summed E-state index contributed by atoms with van der Waals surface area (Å²) in [6.45, 7) is 3.78. The second-order valence-corrected chi connectivity index (χ2v) is 6.68. The van der Waals surface area contributed by atoms with Gasteiger partial charge in [-0.2, -0.15) is 0 Å². The number of hydrogen-bond acceptors (Lipinski definition) is 6. The molecule has 1 aromatic carbocycles. The lowest BCUT2D eigenvalue weighted by atomic mass is 10.2. The lowest BCUT2D eigenvalue weighted by Crippen LogP contribution is -2.27. The molecule has 1 amide bonds. The number of carbonyl (C=O) groups is 1. The van der Waals surface area contributed by atoms with Gasteiger partial charge in [-0.1, -0.05) is 0 Å². The summed E-state index contributed by atoms with van der Waals surface area (Å²) in [7, 11) is 0. The molecular formula is C21H24N4O5. The van der Waals surface area contributed by atoms with Gasteiger partial charge in [0.2, 0.25) is 5.91 Å². The van der Waals surface area contributed by atoms with Crippen molar-refractivity contribution in [1.29, 1.82) is 0 Å². The number of aromatic amines is 1. The average Bonchev–Trinajstić information content (AvgIpc) is 2.72. The van der Waals surface area contributed by atoms with Crippen molar-refractivity contribution < 1.29 is 14.3 Å². The fraction of sp³-hybridized carbons (Fsp3) is 0.333. The molecule has 0 fully saturated rings. The molecule has 0 unspecified atom stereocenters. The van der Waals surface area contributed by atoms with E-state index < -0.39 is 11.2 Å². The Morgan fingerprint density at radius 1 is 1.13 bits per heavy atom. The van der Waals surface area contributed by atoms with Gasteiger partial charge in [-0.3, -0.25) is 24.1 Å². The first-order valence-corrected chi connectivity index (χ1v) is 9.70. The SMILES string of the molecule is CC(=O)NCCCOCCCOc1ccc2ncc(-n3ccc(=O)[nH]c3=O)cc2c1. The van der Waals surface area contributed by atoms with Crippen molar-refractivity contribution in [2.75, 3.05) is 26.4 Å². The first-order valence-electron chi connectivity index (χ1n) is 9.70. The minimum absolute atomic E-state index is 0.0353. The number of pyridine rings is 1. The molecule has 0 radical (unpaired) electrons. The number of aromatic nitrogens is 3. The number of amides is 1. The van der Waals surface area contributed by atoms with Crippen molar-refractivity contribution in [2.24, 2.45) is 0 Å². The second-order valence-electron chi connectivity index (χ2n) is 6.68. The van der Waals surface area contributed by atoms with Gasteiger partial charge in [0.1, 0.15) is 5.75 Å². The van der Waals surface area contributed by atoms with Crippen molar-refractivity contribution in [3.8, 4) is 11.4 Å². The van der Waals surface area contributed by atoms with Gasteiger partial charge in [0, 0.05) is 50.8 Å². The molecule has 158 valence electrons. The fourth-order valence-corrected chi connectivity index (χ4v) is 2.83. The summed E-state index contributed by atoms with van der Waals surface area (Å²) in [5, 5.41) is 3.54. The van der Waals surface area contributed by atoms with E-state index in [2.05, 4.69) is 15.3 Å². The van der Waals surface area contributed by atoms with E-state index in [0.717, 1.165) is 23.7 Å². The van der Waals surface area contributed by atoms with Crippen LogP contribution in [0, 0.1) is 0 Å². The Kier molecular flexibility index (Phi) is 7.34. The van der Waals surface area contributed by atoms with E-state index in [1.54, 1.807) is 6.20 Å². The van der Waals surface area contributed by atoms with Crippen LogP contribution < -0.4 is 21.3 Å². The van der Waals surface area contributed by atoms with E-state index >= 15 is 0 Å². The Balaban J connectivity index is 1.53. The van der Waals surface area contributed by atoms with Crippen molar-refractivity contribution in [2.45, 2.75) is 19.8 Å². The van der Waals surface area contributed by atoms with Gasteiger partial charge in [-0.05, 0) is 30.7 Å². The van der Waals surface area contributed by atoms with Crippen molar-refractivity contribution in [3.63, 3.8) is 0 Å². The van der Waals surface area contributed by atoms with Crippen molar-refractivity contribution in [3.05, 3.63) is 63.6 Å². The number of carbonyl (C=O) groups excluding carboxylic acids is 1. The van der Waals surface area contributed by atoms with Crippen LogP contribution in [0.5, 0.6) is 5.75 Å². The number of hydrogen-bond donors (Lipinski definition) is 2. The molecule has 2 N–H and O–H groups in total. The lowest BCUT2D eigenvalue weighted by Gasteiger charge is -2.09. The summed E-state index contributed by atoms with van der Waals surface area (Å²) in [4.78, 5) is 40.6. The normalized spacial score (nSPS) is 10.8. The largest absolute Gasteiger partial charge is 0.493 e. The first-order chi connectivity index (χ1) is 14.5. The van der Waals surface area contributed by atoms with Gasteiger partial charge < -0.3 is 14.8 Å². The minimum atomic E-state index is -0.520. The molecule has 0 atom stereocenters. The topological polar surface area (TPSA) is 115 Å². The number of ether oxygens (including phenoxy) is 2. The highest BCUT2D eigenvalue weighted by atomic mass is 16.5. The van der Waals surface area contributed by atoms with Gasteiger partial charge in [0.05, 0.1) is 24.0 Å². The molecule has 30 heavy (non-hydrogen) atoms. The number of H-pyrrole nitrogens is 1. The number of benzene rings is 1. The Labute approximate surface area is 172 Å². The first kappa shape index (κ1) is 21.3. The summed E-state index contributed by atoms with van der Waals surface area (Å²) in [6.07, 6.45) is 4.51. The van der Waals surface area contributed by atoms with Gasteiger partial charge in [0.25, 0.3) is 5.56 Å². The molecule has 0 saturated carbocycles. The maximum atomic E-state index is 12.0. The highest BCUT2D eigenvalue weighted by molar-refractivity contribution is 5.81. The molecule has 3 aromatic rings. The van der Waals surface area contributed by atoms with Crippen LogP contribution in [0.3, 0.4) is 0 Å². The van der Waals surface area contributed by atoms with Crippen LogP contribution in [-0.2, 0) is 9.53 Å². The Morgan fingerprint density at radius 3 is 2.77 bits per heavy atom. The molecule has 0 spiro atoms. The van der Waals surface area contributed by atoms with E-state index in [-0.39, 0.29) is 5.91 Å². The molecule has 0 bridgehead atoms. The molecule has 0 aliphatic heterocycles. The molecule has 0 aliphatic carbocycles. The molecule has 9 nitrogen and oxygen atoms in total.